The van der Waals surface area contributed by atoms with Crippen LogP contribution in [-0.4, -0.2) is 46.1 Å². The summed E-state index contributed by atoms with van der Waals surface area (Å²) in [5.74, 6) is 2.70. The van der Waals surface area contributed by atoms with E-state index in [9.17, 15) is 19.8 Å². The number of nitrogens with zero attached hydrogens (tertiary/aromatic N) is 1. The molecule has 3 saturated carbocycles. The van der Waals surface area contributed by atoms with Crippen molar-refractivity contribution in [3.8, 4) is 12.3 Å². The first-order valence-corrected chi connectivity index (χ1v) is 13.6. The lowest BCUT2D eigenvalue weighted by molar-refractivity contribution is -0.144. The quantitative estimate of drug-likeness (QED) is 0.358. The average molecular weight is 499 g/mol. The van der Waals surface area contributed by atoms with Gasteiger partial charge in [0.15, 0.2) is 6.61 Å². The van der Waals surface area contributed by atoms with Crippen LogP contribution in [-0.2, 0) is 14.4 Å². The molecule has 4 rings (SSSR count). The lowest BCUT2D eigenvalue weighted by atomic mass is 9.46. The molecule has 0 heterocycles. The van der Waals surface area contributed by atoms with Gasteiger partial charge in [-0.3, -0.25) is 4.79 Å². The topological polar surface area (TPSA) is 108 Å². The number of carbonyl (C=O) groups is 2. The van der Waals surface area contributed by atoms with Crippen molar-refractivity contribution in [1.82, 2.24) is 5.32 Å². The molecule has 0 aliphatic heterocycles. The number of carbonyl (C=O) groups excluding carboxylic acids is 1. The molecule has 0 radical (unpaired) electrons. The second-order valence-electron chi connectivity index (χ2n) is 12.1. The Balaban J connectivity index is 1.40. The molecule has 198 valence electrons. The van der Waals surface area contributed by atoms with Crippen LogP contribution < -0.4 is 5.32 Å². The Kier molecular flexibility index (Phi) is 7.31. The lowest BCUT2D eigenvalue weighted by Crippen LogP contribution is -2.54. The molecule has 0 aromatic carbocycles. The number of amides is 1. The number of rotatable bonds is 7. The molecule has 1 amide bonds. The number of nitrogens with one attached hydrogen (secondary N) is 1. The van der Waals surface area contributed by atoms with Crippen molar-refractivity contribution in [2.24, 2.45) is 39.7 Å². The third-order valence-corrected chi connectivity index (χ3v) is 10.5. The maximum Gasteiger partial charge on any atom is 0.326 e. The number of fused-ring (bicyclic) bond motifs is 5. The Morgan fingerprint density at radius 2 is 1.94 bits per heavy atom. The highest BCUT2D eigenvalue weighted by molar-refractivity contribution is 5.96. The summed E-state index contributed by atoms with van der Waals surface area (Å²) < 4.78 is 0. The minimum atomic E-state index is -1.04. The van der Waals surface area contributed by atoms with E-state index < -0.39 is 23.5 Å². The second-order valence-corrected chi connectivity index (χ2v) is 12.1. The molecule has 0 aromatic heterocycles. The van der Waals surface area contributed by atoms with Gasteiger partial charge >= 0.3 is 5.97 Å². The van der Waals surface area contributed by atoms with Gasteiger partial charge in [-0.2, -0.15) is 0 Å². The van der Waals surface area contributed by atoms with Crippen molar-refractivity contribution < 1.29 is 24.6 Å². The summed E-state index contributed by atoms with van der Waals surface area (Å²) in [5, 5.41) is 27.3. The summed E-state index contributed by atoms with van der Waals surface area (Å²) in [6, 6.07) is -0.930. The first-order chi connectivity index (χ1) is 17.0. The van der Waals surface area contributed by atoms with E-state index in [1.165, 1.54) is 5.57 Å². The van der Waals surface area contributed by atoms with Gasteiger partial charge in [0.2, 0.25) is 0 Å². The zero-order valence-electron chi connectivity index (χ0n) is 22.2. The molecule has 36 heavy (non-hydrogen) atoms. The van der Waals surface area contributed by atoms with Gasteiger partial charge in [0.05, 0.1) is 5.71 Å². The Bertz CT molecular complexity index is 998. The highest BCUT2D eigenvalue weighted by atomic mass is 16.6. The Labute approximate surface area is 215 Å². The van der Waals surface area contributed by atoms with Crippen molar-refractivity contribution >= 4 is 17.6 Å². The van der Waals surface area contributed by atoms with E-state index in [4.69, 9.17) is 11.3 Å². The van der Waals surface area contributed by atoms with Crippen LogP contribution in [0, 0.1) is 46.8 Å². The van der Waals surface area contributed by atoms with E-state index >= 15 is 0 Å². The molecule has 0 spiro atoms. The molecule has 7 nitrogen and oxygen atoms in total. The van der Waals surface area contributed by atoms with Gasteiger partial charge in [0.25, 0.3) is 5.91 Å². The van der Waals surface area contributed by atoms with E-state index in [-0.39, 0.29) is 23.4 Å². The summed E-state index contributed by atoms with van der Waals surface area (Å²) in [4.78, 5) is 29.0. The Morgan fingerprint density at radius 1 is 1.22 bits per heavy atom. The molecule has 4 aliphatic rings. The van der Waals surface area contributed by atoms with Crippen molar-refractivity contribution in [3.05, 3.63) is 11.6 Å². The number of carboxylic acids is 1. The molecule has 7 heteroatoms. The fraction of sp³-hybridized carbons (Fsp3) is 0.759. The zero-order chi connectivity index (χ0) is 26.3. The highest BCUT2D eigenvalue weighted by Gasteiger charge is 2.63. The van der Waals surface area contributed by atoms with Crippen molar-refractivity contribution in [3.63, 3.8) is 0 Å². The predicted octanol–water partition coefficient (Wildman–Crippen LogP) is 4.30. The predicted molar refractivity (Wildman–Crippen MR) is 138 cm³/mol. The van der Waals surface area contributed by atoms with Gasteiger partial charge in [0, 0.05) is 5.41 Å². The zero-order valence-corrected chi connectivity index (χ0v) is 22.2. The highest BCUT2D eigenvalue weighted by Crippen LogP contribution is 2.67. The normalized spacial score (nSPS) is 40.1. The van der Waals surface area contributed by atoms with Crippen LogP contribution in [0.5, 0.6) is 0 Å². The SMILES string of the molecule is C#C[C@@]1(O)CC[C@H]2[C@@H]3CCC4=C/C(=N/OCC(=O)N[C@@H](C(=O)O)[C@@H](C)CC)CC[C@]4(C)[C@H]3CC[C@@]21C. The van der Waals surface area contributed by atoms with Gasteiger partial charge in [-0.05, 0) is 86.5 Å². The number of aliphatic carboxylic acids is 1. The number of aliphatic hydroxyl groups is 1. The maximum absolute atomic E-state index is 12.2. The third-order valence-electron chi connectivity index (χ3n) is 10.5. The number of hydrogen-bond acceptors (Lipinski definition) is 5. The van der Waals surface area contributed by atoms with Crippen LogP contribution in [0.4, 0.5) is 0 Å². The molecule has 3 N–H and O–H groups in total. The monoisotopic (exact) mass is 498 g/mol. The summed E-state index contributed by atoms with van der Waals surface area (Å²) in [7, 11) is 0. The molecule has 4 aliphatic carbocycles. The molecular formula is C29H42N2O5. The average Bonchev–Trinajstić information content (AvgIpc) is 3.13. The third kappa shape index (κ3) is 4.36. The number of hydrogen-bond donors (Lipinski definition) is 3. The van der Waals surface area contributed by atoms with Gasteiger partial charge in [-0.15, -0.1) is 6.42 Å². The standard InChI is InChI=1S/C29H42N2O5/c1-6-18(3)25(26(33)34)30-24(32)17-36-31-20-10-13-27(4)19(16-20)8-9-21-22(27)11-14-28(5)23(21)12-15-29(28,35)7-2/h2,16,18,21-23,25,35H,6,8-15,17H2,1,3-5H3,(H,30,32)(H,33,34)/b31-20+/t18-,21+,22-,23-,25+,27-,28-,29+/m0/s1. The summed E-state index contributed by atoms with van der Waals surface area (Å²) in [6.45, 7) is 8.01. The van der Waals surface area contributed by atoms with Gasteiger partial charge in [0.1, 0.15) is 11.6 Å². The summed E-state index contributed by atoms with van der Waals surface area (Å²) >= 11 is 0. The minimum absolute atomic E-state index is 0.114. The molecular weight excluding hydrogens is 456 g/mol. The van der Waals surface area contributed by atoms with Crippen LogP contribution in [0.25, 0.3) is 0 Å². The van der Waals surface area contributed by atoms with Gasteiger partial charge in [-0.25, -0.2) is 4.79 Å². The molecule has 0 saturated heterocycles. The Morgan fingerprint density at radius 3 is 2.61 bits per heavy atom. The summed E-state index contributed by atoms with van der Waals surface area (Å²) in [5.41, 5.74) is 1.20. The molecule has 0 unspecified atom stereocenters. The minimum Gasteiger partial charge on any atom is -0.480 e. The number of allylic oxidation sites excluding steroid dienone is 2. The fourth-order valence-corrected chi connectivity index (χ4v) is 7.97. The van der Waals surface area contributed by atoms with Crippen LogP contribution >= 0.6 is 0 Å². The number of carboxylic acid groups (broad SMARTS) is 1. The van der Waals surface area contributed by atoms with Crippen LogP contribution in [0.1, 0.15) is 85.5 Å². The second kappa shape index (κ2) is 9.85. The number of terminal acetylenes is 1. The fourth-order valence-electron chi connectivity index (χ4n) is 7.97. The van der Waals surface area contributed by atoms with Crippen LogP contribution in [0.2, 0.25) is 0 Å². The first kappa shape index (κ1) is 26.7. The summed E-state index contributed by atoms with van der Waals surface area (Å²) in [6.07, 6.45) is 16.3. The van der Waals surface area contributed by atoms with E-state index in [0.717, 1.165) is 50.7 Å². The lowest BCUT2D eigenvalue weighted by Gasteiger charge is -2.58. The van der Waals surface area contributed by atoms with E-state index in [0.29, 0.717) is 30.6 Å². The first-order valence-electron chi connectivity index (χ1n) is 13.6. The van der Waals surface area contributed by atoms with E-state index in [1.807, 2.05) is 6.92 Å². The molecule has 0 bridgehead atoms. The molecule has 8 atom stereocenters. The molecule has 3 fully saturated rings. The van der Waals surface area contributed by atoms with Crippen molar-refractivity contribution in [2.45, 2.75) is 97.1 Å². The Hall–Kier alpha value is -2.33. The van der Waals surface area contributed by atoms with Gasteiger partial charge < -0.3 is 20.4 Å². The van der Waals surface area contributed by atoms with Crippen molar-refractivity contribution in [2.75, 3.05) is 6.61 Å². The smallest absolute Gasteiger partial charge is 0.326 e. The number of oxime groups is 1. The molecule has 0 aromatic rings. The van der Waals surface area contributed by atoms with Crippen molar-refractivity contribution in [1.29, 1.82) is 0 Å². The largest absolute Gasteiger partial charge is 0.480 e. The van der Waals surface area contributed by atoms with E-state index in [1.54, 1.807) is 6.92 Å². The van der Waals surface area contributed by atoms with E-state index in [2.05, 4.69) is 36.3 Å². The van der Waals surface area contributed by atoms with Crippen LogP contribution in [0.15, 0.2) is 16.8 Å². The van der Waals surface area contributed by atoms with Gasteiger partial charge in [-0.1, -0.05) is 50.8 Å². The van der Waals surface area contributed by atoms with Crippen LogP contribution in [0.3, 0.4) is 0 Å². The maximum atomic E-state index is 12.2.